The van der Waals surface area contributed by atoms with E-state index in [0.717, 1.165) is 22.3 Å². The summed E-state index contributed by atoms with van der Waals surface area (Å²) in [7, 11) is 0. The minimum atomic E-state index is -0.0629. The molecule has 5 nitrogen and oxygen atoms in total. The van der Waals surface area contributed by atoms with Crippen LogP contribution in [0.3, 0.4) is 0 Å². The largest absolute Gasteiger partial charge is 0.366 e. The van der Waals surface area contributed by atoms with E-state index in [-0.39, 0.29) is 5.91 Å². The molecule has 0 fully saturated rings. The van der Waals surface area contributed by atoms with Gasteiger partial charge in [0.1, 0.15) is 5.82 Å². The monoisotopic (exact) mass is 370 g/mol. The van der Waals surface area contributed by atoms with E-state index in [1.807, 2.05) is 48.7 Å². The number of rotatable bonds is 6. The Morgan fingerprint density at radius 2 is 1.96 bits per heavy atom. The van der Waals surface area contributed by atoms with Gasteiger partial charge in [0.15, 0.2) is 0 Å². The molecule has 2 aromatic carbocycles. The van der Waals surface area contributed by atoms with Crippen LogP contribution in [0.2, 0.25) is 0 Å². The van der Waals surface area contributed by atoms with Crippen LogP contribution in [0.5, 0.6) is 0 Å². The number of aromatic amines is 1. The first-order valence-corrected chi connectivity index (χ1v) is 9.28. The molecule has 3 N–H and O–H groups in total. The minimum absolute atomic E-state index is 0.0629. The van der Waals surface area contributed by atoms with Crippen molar-refractivity contribution < 1.29 is 4.79 Å². The maximum atomic E-state index is 12.4. The molecule has 0 saturated heterocycles. The Labute approximate surface area is 163 Å². The van der Waals surface area contributed by atoms with Gasteiger partial charge in [-0.1, -0.05) is 48.0 Å². The Balaban J connectivity index is 1.34. The fourth-order valence-corrected chi connectivity index (χ4v) is 3.24. The number of H-pyrrole nitrogens is 1. The van der Waals surface area contributed by atoms with Crippen LogP contribution in [0, 0.1) is 6.92 Å². The lowest BCUT2D eigenvalue weighted by molar-refractivity contribution is -0.115. The maximum Gasteiger partial charge on any atom is 0.228 e. The third kappa shape index (κ3) is 4.20. The SMILES string of the molecule is Cc1cccc(CNc2ccc(NC(=O)Cc3c[nH]c4ccccc34)cn2)c1. The van der Waals surface area contributed by atoms with E-state index in [1.54, 1.807) is 6.20 Å². The van der Waals surface area contributed by atoms with Gasteiger partial charge in [0, 0.05) is 23.6 Å². The number of nitrogens with one attached hydrogen (secondary N) is 3. The number of aromatic nitrogens is 2. The molecular weight excluding hydrogens is 348 g/mol. The normalized spacial score (nSPS) is 10.8. The molecule has 0 bridgehead atoms. The molecule has 2 aromatic heterocycles. The topological polar surface area (TPSA) is 69.8 Å². The number of pyridine rings is 1. The summed E-state index contributed by atoms with van der Waals surface area (Å²) < 4.78 is 0. The molecule has 0 aliphatic carbocycles. The van der Waals surface area contributed by atoms with E-state index in [2.05, 4.69) is 45.7 Å². The lowest BCUT2D eigenvalue weighted by Crippen LogP contribution is -2.14. The molecule has 0 aliphatic heterocycles. The predicted molar refractivity (Wildman–Crippen MR) is 113 cm³/mol. The second kappa shape index (κ2) is 7.96. The van der Waals surface area contributed by atoms with Crippen molar-refractivity contribution in [2.45, 2.75) is 19.9 Å². The van der Waals surface area contributed by atoms with Crippen molar-refractivity contribution in [2.75, 3.05) is 10.6 Å². The Bertz CT molecular complexity index is 1100. The highest BCUT2D eigenvalue weighted by Crippen LogP contribution is 2.19. The van der Waals surface area contributed by atoms with E-state index in [4.69, 9.17) is 0 Å². The second-order valence-electron chi connectivity index (χ2n) is 6.86. The highest BCUT2D eigenvalue weighted by atomic mass is 16.1. The molecule has 0 aliphatic rings. The van der Waals surface area contributed by atoms with Crippen molar-refractivity contribution in [2.24, 2.45) is 0 Å². The summed E-state index contributed by atoms with van der Waals surface area (Å²) in [4.78, 5) is 20.0. The molecule has 4 aromatic rings. The van der Waals surface area contributed by atoms with E-state index < -0.39 is 0 Å². The van der Waals surface area contributed by atoms with E-state index in [9.17, 15) is 4.79 Å². The molecule has 2 heterocycles. The fraction of sp³-hybridized carbons (Fsp3) is 0.130. The number of benzene rings is 2. The second-order valence-corrected chi connectivity index (χ2v) is 6.86. The van der Waals surface area contributed by atoms with Gasteiger partial charge in [-0.2, -0.15) is 0 Å². The number of carbonyl (C=O) groups is 1. The zero-order valence-corrected chi connectivity index (χ0v) is 15.7. The van der Waals surface area contributed by atoms with Gasteiger partial charge >= 0.3 is 0 Å². The molecule has 1 amide bonds. The van der Waals surface area contributed by atoms with Gasteiger partial charge in [-0.25, -0.2) is 4.98 Å². The molecule has 0 atom stereocenters. The van der Waals surface area contributed by atoms with Crippen LogP contribution in [-0.2, 0) is 17.8 Å². The molecule has 0 radical (unpaired) electrons. The van der Waals surface area contributed by atoms with Gasteiger partial charge in [0.05, 0.1) is 18.3 Å². The number of fused-ring (bicyclic) bond motifs is 1. The lowest BCUT2D eigenvalue weighted by Gasteiger charge is -2.08. The van der Waals surface area contributed by atoms with Crippen molar-refractivity contribution in [3.63, 3.8) is 0 Å². The third-order valence-electron chi connectivity index (χ3n) is 4.63. The molecule has 28 heavy (non-hydrogen) atoms. The zero-order valence-electron chi connectivity index (χ0n) is 15.7. The maximum absolute atomic E-state index is 12.4. The summed E-state index contributed by atoms with van der Waals surface area (Å²) >= 11 is 0. The highest BCUT2D eigenvalue weighted by molar-refractivity contribution is 5.95. The van der Waals surface area contributed by atoms with Crippen molar-refractivity contribution in [1.82, 2.24) is 9.97 Å². The number of amides is 1. The molecular formula is C23H22N4O. The standard InChI is InChI=1S/C23H22N4O/c1-16-5-4-6-17(11-16)13-25-22-10-9-19(15-26-22)27-23(28)12-18-14-24-21-8-3-2-7-20(18)21/h2-11,14-15,24H,12-13H2,1H3,(H,25,26)(H,27,28). The van der Waals surface area contributed by atoms with Gasteiger partial charge in [0.25, 0.3) is 0 Å². The van der Waals surface area contributed by atoms with Crippen LogP contribution in [0.1, 0.15) is 16.7 Å². The number of hydrogen-bond acceptors (Lipinski definition) is 3. The summed E-state index contributed by atoms with van der Waals surface area (Å²) in [5.41, 5.74) is 5.15. The molecule has 4 rings (SSSR count). The summed E-state index contributed by atoms with van der Waals surface area (Å²) in [6.07, 6.45) is 3.88. The van der Waals surface area contributed by atoms with Crippen molar-refractivity contribution in [3.05, 3.63) is 89.7 Å². The third-order valence-corrected chi connectivity index (χ3v) is 4.63. The Morgan fingerprint density at radius 1 is 1.07 bits per heavy atom. The van der Waals surface area contributed by atoms with E-state index >= 15 is 0 Å². The quantitative estimate of drug-likeness (QED) is 0.462. The summed E-state index contributed by atoms with van der Waals surface area (Å²) in [6, 6.07) is 20.1. The number of carbonyl (C=O) groups excluding carboxylic acids is 1. The average Bonchev–Trinajstić information content (AvgIpc) is 3.10. The summed E-state index contributed by atoms with van der Waals surface area (Å²) in [6.45, 7) is 2.79. The fourth-order valence-electron chi connectivity index (χ4n) is 3.24. The number of hydrogen-bond donors (Lipinski definition) is 3. The number of nitrogens with zero attached hydrogens (tertiary/aromatic N) is 1. The van der Waals surface area contributed by atoms with Gasteiger partial charge in [-0.3, -0.25) is 4.79 Å². The Morgan fingerprint density at radius 3 is 2.79 bits per heavy atom. The molecule has 140 valence electrons. The number of anilines is 2. The first-order valence-electron chi connectivity index (χ1n) is 9.28. The molecule has 0 unspecified atom stereocenters. The van der Waals surface area contributed by atoms with E-state index in [0.29, 0.717) is 18.7 Å². The number of aryl methyl sites for hydroxylation is 1. The Kier molecular flexibility index (Phi) is 5.06. The summed E-state index contributed by atoms with van der Waals surface area (Å²) in [5.74, 6) is 0.711. The van der Waals surface area contributed by atoms with Crippen molar-refractivity contribution >= 4 is 28.3 Å². The van der Waals surface area contributed by atoms with Crippen LogP contribution in [0.15, 0.2) is 73.1 Å². The van der Waals surface area contributed by atoms with Gasteiger partial charge < -0.3 is 15.6 Å². The Hall–Kier alpha value is -3.60. The van der Waals surface area contributed by atoms with Crippen LogP contribution in [0.25, 0.3) is 10.9 Å². The van der Waals surface area contributed by atoms with E-state index in [1.165, 1.54) is 11.1 Å². The first kappa shape index (κ1) is 17.8. The molecule has 0 spiro atoms. The highest BCUT2D eigenvalue weighted by Gasteiger charge is 2.09. The minimum Gasteiger partial charge on any atom is -0.366 e. The lowest BCUT2D eigenvalue weighted by atomic mass is 10.1. The number of para-hydroxylation sites is 1. The zero-order chi connectivity index (χ0) is 19.3. The van der Waals surface area contributed by atoms with Gasteiger partial charge in [-0.05, 0) is 36.2 Å². The summed E-state index contributed by atoms with van der Waals surface area (Å²) in [5, 5.41) is 7.28. The first-order chi connectivity index (χ1) is 13.7. The van der Waals surface area contributed by atoms with Crippen LogP contribution in [-0.4, -0.2) is 15.9 Å². The van der Waals surface area contributed by atoms with Gasteiger partial charge in [0.2, 0.25) is 5.91 Å². The molecule has 5 heteroatoms. The van der Waals surface area contributed by atoms with Crippen molar-refractivity contribution in [1.29, 1.82) is 0 Å². The average molecular weight is 370 g/mol. The van der Waals surface area contributed by atoms with Crippen LogP contribution < -0.4 is 10.6 Å². The smallest absolute Gasteiger partial charge is 0.228 e. The molecule has 0 saturated carbocycles. The van der Waals surface area contributed by atoms with Crippen LogP contribution >= 0.6 is 0 Å². The van der Waals surface area contributed by atoms with Crippen molar-refractivity contribution in [3.8, 4) is 0 Å². The predicted octanol–water partition coefficient (Wildman–Crippen LogP) is 4.66. The van der Waals surface area contributed by atoms with Gasteiger partial charge in [-0.15, -0.1) is 0 Å². The van der Waals surface area contributed by atoms with Crippen LogP contribution in [0.4, 0.5) is 11.5 Å².